The highest BCUT2D eigenvalue weighted by molar-refractivity contribution is 6.32. The Morgan fingerprint density at radius 1 is 1.47 bits per heavy atom. The van der Waals surface area contributed by atoms with Gasteiger partial charge in [-0.05, 0) is 20.0 Å². The second kappa shape index (κ2) is 7.14. The molecular formula is C12H16ClNO3. The van der Waals surface area contributed by atoms with Crippen LogP contribution in [0.4, 0.5) is 0 Å². The van der Waals surface area contributed by atoms with Crippen molar-refractivity contribution in [3.63, 3.8) is 0 Å². The van der Waals surface area contributed by atoms with E-state index in [9.17, 15) is 4.79 Å². The Bertz CT molecular complexity index is 382. The number of hydrogen-bond donors (Lipinski definition) is 1. The second-order valence-electron chi connectivity index (χ2n) is 3.35. The first kappa shape index (κ1) is 13.8. The molecule has 5 heteroatoms. The van der Waals surface area contributed by atoms with Gasteiger partial charge in [0.25, 0.3) is 0 Å². The van der Waals surface area contributed by atoms with Crippen LogP contribution in [0.2, 0.25) is 5.02 Å². The normalized spacial score (nSPS) is 10.1. The summed E-state index contributed by atoms with van der Waals surface area (Å²) in [7, 11) is 1.83. The van der Waals surface area contributed by atoms with Crippen LogP contribution in [-0.2, 0) is 16.1 Å². The lowest BCUT2D eigenvalue weighted by molar-refractivity contribution is -0.145. The zero-order valence-electron chi connectivity index (χ0n) is 9.96. The van der Waals surface area contributed by atoms with E-state index in [-0.39, 0.29) is 6.61 Å². The largest absolute Gasteiger partial charge is 0.480 e. The molecule has 0 saturated heterocycles. The summed E-state index contributed by atoms with van der Waals surface area (Å²) < 4.78 is 10.2. The van der Waals surface area contributed by atoms with Crippen LogP contribution in [-0.4, -0.2) is 26.2 Å². The fourth-order valence-corrected chi connectivity index (χ4v) is 1.63. The first-order chi connectivity index (χ1) is 8.19. The van der Waals surface area contributed by atoms with E-state index in [2.05, 4.69) is 5.32 Å². The van der Waals surface area contributed by atoms with E-state index in [1.54, 1.807) is 13.0 Å². The molecule has 1 aromatic rings. The fourth-order valence-electron chi connectivity index (χ4n) is 1.38. The highest BCUT2D eigenvalue weighted by Gasteiger charge is 2.10. The lowest BCUT2D eigenvalue weighted by atomic mass is 10.2. The molecule has 0 amide bonds. The number of rotatable bonds is 6. The maximum Gasteiger partial charge on any atom is 0.344 e. The van der Waals surface area contributed by atoms with Gasteiger partial charge in [0.05, 0.1) is 11.6 Å². The Balaban J connectivity index is 2.71. The number of benzene rings is 1. The summed E-state index contributed by atoms with van der Waals surface area (Å²) in [5.74, 6) is 0.124. The molecular weight excluding hydrogens is 242 g/mol. The molecule has 0 atom stereocenters. The van der Waals surface area contributed by atoms with Crippen LogP contribution in [0.25, 0.3) is 0 Å². The zero-order chi connectivity index (χ0) is 12.7. The summed E-state index contributed by atoms with van der Waals surface area (Å²) >= 11 is 6.02. The zero-order valence-corrected chi connectivity index (χ0v) is 10.7. The van der Waals surface area contributed by atoms with Crippen molar-refractivity contribution in [3.05, 3.63) is 28.8 Å². The highest BCUT2D eigenvalue weighted by Crippen LogP contribution is 2.28. The van der Waals surface area contributed by atoms with Crippen LogP contribution in [0, 0.1) is 0 Å². The Kier molecular flexibility index (Phi) is 5.80. The van der Waals surface area contributed by atoms with Crippen molar-refractivity contribution in [2.24, 2.45) is 0 Å². The SMILES string of the molecule is CCOC(=O)COc1c(Cl)cccc1CNC. The number of ether oxygens (including phenoxy) is 2. The second-order valence-corrected chi connectivity index (χ2v) is 3.76. The molecule has 1 N–H and O–H groups in total. The molecule has 0 aliphatic carbocycles. The molecule has 0 spiro atoms. The van der Waals surface area contributed by atoms with E-state index in [1.807, 2.05) is 19.2 Å². The van der Waals surface area contributed by atoms with Gasteiger partial charge in [-0.15, -0.1) is 0 Å². The molecule has 1 aromatic carbocycles. The third-order valence-electron chi connectivity index (χ3n) is 2.06. The quantitative estimate of drug-likeness (QED) is 0.792. The lowest BCUT2D eigenvalue weighted by Gasteiger charge is -2.12. The molecule has 0 heterocycles. The summed E-state index contributed by atoms with van der Waals surface area (Å²) in [6.45, 7) is 2.58. The van der Waals surface area contributed by atoms with Gasteiger partial charge in [-0.2, -0.15) is 0 Å². The summed E-state index contributed by atoms with van der Waals surface area (Å²) in [4.78, 5) is 11.2. The van der Waals surface area contributed by atoms with Crippen molar-refractivity contribution in [2.45, 2.75) is 13.5 Å². The highest BCUT2D eigenvalue weighted by atomic mass is 35.5. The first-order valence-electron chi connectivity index (χ1n) is 5.39. The number of esters is 1. The van der Waals surface area contributed by atoms with Crippen molar-refractivity contribution in [1.82, 2.24) is 5.32 Å². The molecule has 0 aliphatic rings. The van der Waals surface area contributed by atoms with Crippen LogP contribution in [0.3, 0.4) is 0 Å². The Hall–Kier alpha value is -1.26. The van der Waals surface area contributed by atoms with Gasteiger partial charge < -0.3 is 14.8 Å². The van der Waals surface area contributed by atoms with Crippen molar-refractivity contribution in [3.8, 4) is 5.75 Å². The van der Waals surface area contributed by atoms with Crippen LogP contribution >= 0.6 is 11.6 Å². The van der Waals surface area contributed by atoms with Crippen LogP contribution in [0.1, 0.15) is 12.5 Å². The van der Waals surface area contributed by atoms with Crippen LogP contribution < -0.4 is 10.1 Å². The molecule has 0 fully saturated rings. The van der Waals surface area contributed by atoms with Crippen molar-refractivity contribution < 1.29 is 14.3 Å². The number of nitrogens with one attached hydrogen (secondary N) is 1. The van der Waals surface area contributed by atoms with Crippen LogP contribution in [0.5, 0.6) is 5.75 Å². The van der Waals surface area contributed by atoms with Gasteiger partial charge in [-0.25, -0.2) is 4.79 Å². The number of para-hydroxylation sites is 1. The van der Waals surface area contributed by atoms with Crippen molar-refractivity contribution in [2.75, 3.05) is 20.3 Å². The summed E-state index contributed by atoms with van der Waals surface area (Å²) in [6, 6.07) is 5.45. The van der Waals surface area contributed by atoms with E-state index >= 15 is 0 Å². The molecule has 0 aliphatic heterocycles. The van der Waals surface area contributed by atoms with Crippen molar-refractivity contribution in [1.29, 1.82) is 0 Å². The van der Waals surface area contributed by atoms with E-state index < -0.39 is 5.97 Å². The third-order valence-corrected chi connectivity index (χ3v) is 2.35. The minimum Gasteiger partial charge on any atom is -0.480 e. The summed E-state index contributed by atoms with van der Waals surface area (Å²) in [6.07, 6.45) is 0. The van der Waals surface area contributed by atoms with E-state index in [1.165, 1.54) is 0 Å². The van der Waals surface area contributed by atoms with Crippen molar-refractivity contribution >= 4 is 17.6 Å². The van der Waals surface area contributed by atoms with E-state index in [0.717, 1.165) is 5.56 Å². The number of carbonyl (C=O) groups is 1. The average Bonchev–Trinajstić information content (AvgIpc) is 2.29. The molecule has 0 unspecified atom stereocenters. The number of halogens is 1. The summed E-state index contributed by atoms with van der Waals surface area (Å²) in [5, 5.41) is 3.50. The van der Waals surface area contributed by atoms with Gasteiger partial charge in [0, 0.05) is 12.1 Å². The Morgan fingerprint density at radius 3 is 2.88 bits per heavy atom. The van der Waals surface area contributed by atoms with Gasteiger partial charge in [-0.1, -0.05) is 23.7 Å². The first-order valence-corrected chi connectivity index (χ1v) is 5.77. The van der Waals surface area contributed by atoms with E-state index in [4.69, 9.17) is 21.1 Å². The van der Waals surface area contributed by atoms with E-state index in [0.29, 0.717) is 23.9 Å². The van der Waals surface area contributed by atoms with Gasteiger partial charge in [0.1, 0.15) is 5.75 Å². The van der Waals surface area contributed by atoms with Gasteiger partial charge in [0.15, 0.2) is 6.61 Å². The third kappa shape index (κ3) is 4.24. The molecule has 0 radical (unpaired) electrons. The standard InChI is InChI=1S/C12H16ClNO3/c1-3-16-11(15)8-17-12-9(7-14-2)5-4-6-10(12)13/h4-6,14H,3,7-8H2,1-2H3. The predicted molar refractivity (Wildman–Crippen MR) is 66.3 cm³/mol. The smallest absolute Gasteiger partial charge is 0.344 e. The minimum absolute atomic E-state index is 0.131. The number of hydrogen-bond acceptors (Lipinski definition) is 4. The van der Waals surface area contributed by atoms with Gasteiger partial charge in [-0.3, -0.25) is 0 Å². The molecule has 17 heavy (non-hydrogen) atoms. The Morgan fingerprint density at radius 2 is 2.24 bits per heavy atom. The minimum atomic E-state index is -0.400. The molecule has 0 saturated carbocycles. The number of carbonyl (C=O) groups excluding carboxylic acids is 1. The molecule has 94 valence electrons. The topological polar surface area (TPSA) is 47.6 Å². The van der Waals surface area contributed by atoms with Crippen LogP contribution in [0.15, 0.2) is 18.2 Å². The maximum atomic E-state index is 11.2. The lowest BCUT2D eigenvalue weighted by Crippen LogP contribution is -2.16. The predicted octanol–water partition coefficient (Wildman–Crippen LogP) is 2.00. The summed E-state index contributed by atoms with van der Waals surface area (Å²) in [5.41, 5.74) is 0.907. The van der Waals surface area contributed by atoms with Gasteiger partial charge >= 0.3 is 5.97 Å². The molecule has 1 rings (SSSR count). The van der Waals surface area contributed by atoms with Gasteiger partial charge in [0.2, 0.25) is 0 Å². The maximum absolute atomic E-state index is 11.2. The molecule has 0 aromatic heterocycles. The molecule has 0 bridgehead atoms. The fraction of sp³-hybridized carbons (Fsp3) is 0.417. The monoisotopic (exact) mass is 257 g/mol. The Labute approximate surface area is 106 Å². The molecule has 4 nitrogen and oxygen atoms in total. The average molecular weight is 258 g/mol.